The second-order valence-corrected chi connectivity index (χ2v) is 4.26. The van der Waals surface area contributed by atoms with E-state index in [-0.39, 0.29) is 0 Å². The standard InChI is InChI=1S/C15H12ClN/c1-2-11-3-6-13(7-4-11)14-8-5-12(10-17)9-15(14)16/h3-9H,2H2,1H3. The lowest BCUT2D eigenvalue weighted by molar-refractivity contribution is 1.14. The van der Waals surface area contributed by atoms with Crippen LogP contribution in [-0.4, -0.2) is 0 Å². The molecule has 0 saturated carbocycles. The van der Waals surface area contributed by atoms with Crippen LogP contribution in [0.3, 0.4) is 0 Å². The van der Waals surface area contributed by atoms with E-state index in [2.05, 4.69) is 37.3 Å². The van der Waals surface area contributed by atoms with Crippen LogP contribution in [0.5, 0.6) is 0 Å². The number of aryl methyl sites for hydroxylation is 1. The fourth-order valence-corrected chi connectivity index (χ4v) is 2.03. The molecule has 0 aliphatic heterocycles. The first-order chi connectivity index (χ1) is 8.24. The molecule has 0 atom stereocenters. The van der Waals surface area contributed by atoms with Crippen LogP contribution in [0.2, 0.25) is 5.02 Å². The van der Waals surface area contributed by atoms with Gasteiger partial charge < -0.3 is 0 Å². The van der Waals surface area contributed by atoms with E-state index >= 15 is 0 Å². The van der Waals surface area contributed by atoms with Gasteiger partial charge in [0.15, 0.2) is 0 Å². The largest absolute Gasteiger partial charge is 0.192 e. The minimum Gasteiger partial charge on any atom is -0.192 e. The molecule has 1 nitrogen and oxygen atoms in total. The zero-order chi connectivity index (χ0) is 12.3. The lowest BCUT2D eigenvalue weighted by Crippen LogP contribution is -1.84. The van der Waals surface area contributed by atoms with Gasteiger partial charge in [0.25, 0.3) is 0 Å². The van der Waals surface area contributed by atoms with Crippen LogP contribution in [0.15, 0.2) is 42.5 Å². The van der Waals surface area contributed by atoms with Crippen LogP contribution < -0.4 is 0 Å². The summed E-state index contributed by atoms with van der Waals surface area (Å²) >= 11 is 6.17. The fourth-order valence-electron chi connectivity index (χ4n) is 1.74. The van der Waals surface area contributed by atoms with Gasteiger partial charge in [0.1, 0.15) is 0 Å². The first-order valence-electron chi connectivity index (χ1n) is 5.53. The summed E-state index contributed by atoms with van der Waals surface area (Å²) in [4.78, 5) is 0. The Morgan fingerprint density at radius 2 is 1.82 bits per heavy atom. The molecule has 17 heavy (non-hydrogen) atoms. The Morgan fingerprint density at radius 1 is 1.12 bits per heavy atom. The molecule has 0 bridgehead atoms. The fraction of sp³-hybridized carbons (Fsp3) is 0.133. The molecule has 2 heteroatoms. The predicted molar refractivity (Wildman–Crippen MR) is 71.0 cm³/mol. The van der Waals surface area contributed by atoms with Crippen molar-refractivity contribution in [3.8, 4) is 17.2 Å². The van der Waals surface area contributed by atoms with Gasteiger partial charge in [0, 0.05) is 10.6 Å². The molecule has 0 aromatic heterocycles. The average Bonchev–Trinajstić information content (AvgIpc) is 2.39. The van der Waals surface area contributed by atoms with Gasteiger partial charge in [0.05, 0.1) is 11.6 Å². The van der Waals surface area contributed by atoms with Crippen molar-refractivity contribution < 1.29 is 0 Å². The molecule has 0 saturated heterocycles. The van der Waals surface area contributed by atoms with Gasteiger partial charge in [-0.25, -0.2) is 0 Å². The van der Waals surface area contributed by atoms with E-state index in [4.69, 9.17) is 16.9 Å². The van der Waals surface area contributed by atoms with Crippen molar-refractivity contribution in [2.75, 3.05) is 0 Å². The molecular weight excluding hydrogens is 230 g/mol. The van der Waals surface area contributed by atoms with Crippen LogP contribution in [0.4, 0.5) is 0 Å². The van der Waals surface area contributed by atoms with Crippen LogP contribution in [0.25, 0.3) is 11.1 Å². The zero-order valence-corrected chi connectivity index (χ0v) is 10.3. The third kappa shape index (κ3) is 2.49. The number of nitrogens with zero attached hydrogens (tertiary/aromatic N) is 1. The van der Waals surface area contributed by atoms with E-state index < -0.39 is 0 Å². The molecule has 0 heterocycles. The van der Waals surface area contributed by atoms with Gasteiger partial charge >= 0.3 is 0 Å². The Kier molecular flexibility index (Phi) is 3.46. The van der Waals surface area contributed by atoms with Crippen molar-refractivity contribution in [2.24, 2.45) is 0 Å². The number of halogens is 1. The van der Waals surface area contributed by atoms with Gasteiger partial charge in [-0.2, -0.15) is 5.26 Å². The summed E-state index contributed by atoms with van der Waals surface area (Å²) in [5.74, 6) is 0. The summed E-state index contributed by atoms with van der Waals surface area (Å²) in [6.07, 6.45) is 1.03. The molecule has 2 aromatic rings. The third-order valence-electron chi connectivity index (χ3n) is 2.77. The van der Waals surface area contributed by atoms with Crippen molar-refractivity contribution in [3.05, 3.63) is 58.6 Å². The number of benzene rings is 2. The Bertz CT molecular complexity index is 564. The maximum atomic E-state index is 8.78. The highest BCUT2D eigenvalue weighted by Gasteiger charge is 2.04. The van der Waals surface area contributed by atoms with Crippen LogP contribution in [0.1, 0.15) is 18.1 Å². The van der Waals surface area contributed by atoms with Crippen molar-refractivity contribution in [1.29, 1.82) is 5.26 Å². The Hall–Kier alpha value is -1.78. The average molecular weight is 242 g/mol. The maximum absolute atomic E-state index is 8.78. The molecule has 0 amide bonds. The third-order valence-corrected chi connectivity index (χ3v) is 3.08. The molecule has 0 aliphatic rings. The molecule has 0 N–H and O–H groups in total. The highest BCUT2D eigenvalue weighted by Crippen LogP contribution is 2.28. The second kappa shape index (κ2) is 5.03. The summed E-state index contributed by atoms with van der Waals surface area (Å²) in [5.41, 5.74) is 3.94. The molecular formula is C15H12ClN. The minimum absolute atomic E-state index is 0.587. The van der Waals surface area contributed by atoms with E-state index in [0.29, 0.717) is 10.6 Å². The summed E-state index contributed by atoms with van der Waals surface area (Å²) in [5, 5.41) is 9.40. The van der Waals surface area contributed by atoms with Crippen LogP contribution >= 0.6 is 11.6 Å². The zero-order valence-electron chi connectivity index (χ0n) is 9.57. The Labute approximate surface area is 106 Å². The molecule has 0 radical (unpaired) electrons. The number of hydrogen-bond donors (Lipinski definition) is 0. The van der Waals surface area contributed by atoms with Crippen molar-refractivity contribution >= 4 is 11.6 Å². The smallest absolute Gasteiger partial charge is 0.0992 e. The predicted octanol–water partition coefficient (Wildman–Crippen LogP) is 4.44. The maximum Gasteiger partial charge on any atom is 0.0992 e. The topological polar surface area (TPSA) is 23.8 Å². The summed E-state index contributed by atoms with van der Waals surface area (Å²) in [6, 6.07) is 15.8. The van der Waals surface area contributed by atoms with E-state index in [9.17, 15) is 0 Å². The van der Waals surface area contributed by atoms with Gasteiger partial charge in [-0.15, -0.1) is 0 Å². The molecule has 2 rings (SSSR count). The van der Waals surface area contributed by atoms with Crippen molar-refractivity contribution in [1.82, 2.24) is 0 Å². The van der Waals surface area contributed by atoms with Gasteiger partial charge in [-0.05, 0) is 29.7 Å². The van der Waals surface area contributed by atoms with Crippen molar-refractivity contribution in [3.63, 3.8) is 0 Å². The molecule has 84 valence electrons. The highest BCUT2D eigenvalue weighted by atomic mass is 35.5. The minimum atomic E-state index is 0.587. The summed E-state index contributed by atoms with van der Waals surface area (Å²) < 4.78 is 0. The van der Waals surface area contributed by atoms with Crippen molar-refractivity contribution in [2.45, 2.75) is 13.3 Å². The number of rotatable bonds is 2. The first-order valence-corrected chi connectivity index (χ1v) is 5.91. The van der Waals surface area contributed by atoms with Crippen LogP contribution in [-0.2, 0) is 6.42 Å². The summed E-state index contributed by atoms with van der Waals surface area (Å²) in [6.45, 7) is 2.13. The quantitative estimate of drug-likeness (QED) is 0.763. The van der Waals surface area contributed by atoms with E-state index in [1.807, 2.05) is 6.07 Å². The SMILES string of the molecule is CCc1ccc(-c2ccc(C#N)cc2Cl)cc1. The highest BCUT2D eigenvalue weighted by molar-refractivity contribution is 6.33. The Balaban J connectivity index is 2.42. The first kappa shape index (κ1) is 11.7. The molecule has 0 unspecified atom stereocenters. The normalized spacial score (nSPS) is 9.94. The number of hydrogen-bond acceptors (Lipinski definition) is 1. The Morgan fingerprint density at radius 3 is 2.35 bits per heavy atom. The van der Waals surface area contributed by atoms with Gasteiger partial charge in [-0.1, -0.05) is 48.9 Å². The van der Waals surface area contributed by atoms with E-state index in [0.717, 1.165) is 17.5 Å². The van der Waals surface area contributed by atoms with Gasteiger partial charge in [0.2, 0.25) is 0 Å². The summed E-state index contributed by atoms with van der Waals surface area (Å²) in [7, 11) is 0. The molecule has 0 fully saturated rings. The van der Waals surface area contributed by atoms with Gasteiger partial charge in [-0.3, -0.25) is 0 Å². The number of nitriles is 1. The van der Waals surface area contributed by atoms with E-state index in [1.165, 1.54) is 5.56 Å². The van der Waals surface area contributed by atoms with E-state index in [1.54, 1.807) is 12.1 Å². The molecule has 0 aliphatic carbocycles. The van der Waals surface area contributed by atoms with Crippen LogP contribution in [0, 0.1) is 11.3 Å². The lowest BCUT2D eigenvalue weighted by Gasteiger charge is -2.05. The lowest BCUT2D eigenvalue weighted by atomic mass is 10.0. The molecule has 2 aromatic carbocycles. The molecule has 0 spiro atoms. The second-order valence-electron chi connectivity index (χ2n) is 3.86. The monoisotopic (exact) mass is 241 g/mol.